The Balaban J connectivity index is 1.69. The summed E-state index contributed by atoms with van der Waals surface area (Å²) in [7, 11) is 0. The van der Waals surface area contributed by atoms with E-state index in [1.807, 2.05) is 0 Å². The van der Waals surface area contributed by atoms with E-state index in [4.69, 9.17) is 9.15 Å². The van der Waals surface area contributed by atoms with Gasteiger partial charge in [-0.1, -0.05) is 0 Å². The number of benzene rings is 2. The van der Waals surface area contributed by atoms with E-state index in [-0.39, 0.29) is 23.0 Å². The molecule has 1 unspecified atom stereocenters. The fourth-order valence-corrected chi connectivity index (χ4v) is 2.32. The van der Waals surface area contributed by atoms with Crippen molar-refractivity contribution < 1.29 is 32.0 Å². The van der Waals surface area contributed by atoms with Gasteiger partial charge in [-0.05, 0) is 43.3 Å². The normalized spacial score (nSPS) is 12.4. The number of nitro groups is 1. The number of ether oxygens (including phenoxy) is 1. The van der Waals surface area contributed by atoms with E-state index in [9.17, 15) is 28.1 Å². The minimum atomic E-state index is -4.51. The van der Waals surface area contributed by atoms with Crippen LogP contribution in [-0.2, 0) is 10.9 Å². The molecule has 0 amide bonds. The smallest absolute Gasteiger partial charge is 0.416 e. The maximum absolute atomic E-state index is 12.6. The molecule has 150 valence electrons. The van der Waals surface area contributed by atoms with E-state index in [0.717, 1.165) is 24.3 Å². The van der Waals surface area contributed by atoms with Crippen molar-refractivity contribution in [2.75, 3.05) is 0 Å². The van der Waals surface area contributed by atoms with Gasteiger partial charge in [0.2, 0.25) is 5.89 Å². The second-order valence-electron chi connectivity index (χ2n) is 5.87. The summed E-state index contributed by atoms with van der Waals surface area (Å²) in [5.74, 6) is -0.841. The molecule has 0 aliphatic heterocycles. The number of nitrogens with zero attached hydrogens (tertiary/aromatic N) is 3. The number of rotatable bonds is 5. The van der Waals surface area contributed by atoms with Crippen molar-refractivity contribution in [2.45, 2.75) is 19.2 Å². The molecule has 3 rings (SSSR count). The first-order valence-corrected chi connectivity index (χ1v) is 8.11. The van der Waals surface area contributed by atoms with Crippen LogP contribution in [0, 0.1) is 10.1 Å². The minimum absolute atomic E-state index is 0.0429. The van der Waals surface area contributed by atoms with Crippen LogP contribution in [0.1, 0.15) is 34.8 Å². The third kappa shape index (κ3) is 4.57. The molecule has 0 saturated heterocycles. The monoisotopic (exact) mass is 407 g/mol. The number of aromatic nitrogens is 2. The molecule has 0 radical (unpaired) electrons. The fraction of sp³-hybridized carbons (Fsp3) is 0.167. The van der Waals surface area contributed by atoms with E-state index in [1.165, 1.54) is 31.2 Å². The molecule has 1 heterocycles. The summed E-state index contributed by atoms with van der Waals surface area (Å²) in [4.78, 5) is 22.2. The predicted octanol–water partition coefficient (Wildman–Crippen LogP) is 4.58. The molecule has 8 nitrogen and oxygen atoms in total. The molecular formula is C18H12F3N3O5. The lowest BCUT2D eigenvalue weighted by molar-refractivity contribution is -0.384. The van der Waals surface area contributed by atoms with E-state index >= 15 is 0 Å². The highest BCUT2D eigenvalue weighted by Gasteiger charge is 2.30. The van der Waals surface area contributed by atoms with Crippen molar-refractivity contribution in [3.63, 3.8) is 0 Å². The van der Waals surface area contributed by atoms with Crippen molar-refractivity contribution in [1.82, 2.24) is 10.2 Å². The highest BCUT2D eigenvalue weighted by molar-refractivity contribution is 5.89. The van der Waals surface area contributed by atoms with Gasteiger partial charge in [0.1, 0.15) is 0 Å². The number of non-ortho nitro benzene ring substituents is 1. The maximum atomic E-state index is 12.6. The highest BCUT2D eigenvalue weighted by atomic mass is 19.4. The van der Waals surface area contributed by atoms with Crippen LogP contribution < -0.4 is 0 Å². The van der Waals surface area contributed by atoms with Crippen LogP contribution in [-0.4, -0.2) is 21.1 Å². The predicted molar refractivity (Wildman–Crippen MR) is 91.7 cm³/mol. The van der Waals surface area contributed by atoms with E-state index in [2.05, 4.69) is 10.2 Å². The number of halogens is 3. The highest BCUT2D eigenvalue weighted by Crippen LogP contribution is 2.29. The summed E-state index contributed by atoms with van der Waals surface area (Å²) < 4.78 is 48.3. The average molecular weight is 407 g/mol. The van der Waals surface area contributed by atoms with Gasteiger partial charge in [0.15, 0.2) is 6.10 Å². The van der Waals surface area contributed by atoms with Gasteiger partial charge in [0, 0.05) is 17.7 Å². The molecule has 0 saturated carbocycles. The van der Waals surface area contributed by atoms with Crippen LogP contribution >= 0.6 is 0 Å². The van der Waals surface area contributed by atoms with Gasteiger partial charge in [-0.2, -0.15) is 13.2 Å². The molecule has 2 aromatic carbocycles. The lowest BCUT2D eigenvalue weighted by atomic mass is 10.1. The van der Waals surface area contributed by atoms with Gasteiger partial charge in [0.25, 0.3) is 11.6 Å². The Morgan fingerprint density at radius 2 is 1.72 bits per heavy atom. The Kier molecular flexibility index (Phi) is 5.31. The third-order valence-electron chi connectivity index (χ3n) is 3.85. The van der Waals surface area contributed by atoms with Gasteiger partial charge in [-0.3, -0.25) is 10.1 Å². The number of carbonyl (C=O) groups is 1. The molecule has 1 aromatic heterocycles. The minimum Gasteiger partial charge on any atom is -0.449 e. The van der Waals surface area contributed by atoms with Crippen LogP contribution in [0.2, 0.25) is 0 Å². The van der Waals surface area contributed by atoms with Crippen LogP contribution in [0.4, 0.5) is 18.9 Å². The topological polar surface area (TPSA) is 108 Å². The van der Waals surface area contributed by atoms with Gasteiger partial charge in [0.05, 0.1) is 16.1 Å². The summed E-state index contributed by atoms with van der Waals surface area (Å²) >= 11 is 0. The molecule has 11 heteroatoms. The SMILES string of the molecule is CC(OC(=O)c1ccc(C(F)(F)F)cc1)c1nnc(-c2ccc([N+](=O)[O-])cc2)o1. The first-order chi connectivity index (χ1) is 13.6. The van der Waals surface area contributed by atoms with Gasteiger partial charge in [-0.25, -0.2) is 4.79 Å². The third-order valence-corrected chi connectivity index (χ3v) is 3.85. The lowest BCUT2D eigenvalue weighted by Crippen LogP contribution is -2.11. The number of carbonyl (C=O) groups excluding carboxylic acids is 1. The van der Waals surface area contributed by atoms with Crippen molar-refractivity contribution >= 4 is 11.7 Å². The van der Waals surface area contributed by atoms with Crippen LogP contribution in [0.3, 0.4) is 0 Å². The standard InChI is InChI=1S/C18H12F3N3O5/c1-10(28-17(25)12-2-6-13(7-3-12)18(19,20)21)15-22-23-16(29-15)11-4-8-14(9-5-11)24(26)27/h2-10H,1H3. The summed E-state index contributed by atoms with van der Waals surface area (Å²) in [6.45, 7) is 1.45. The van der Waals surface area contributed by atoms with Gasteiger partial charge < -0.3 is 9.15 Å². The number of alkyl halides is 3. The Morgan fingerprint density at radius 3 is 2.28 bits per heavy atom. The number of hydrogen-bond donors (Lipinski definition) is 0. The first kappa shape index (κ1) is 20.0. The van der Waals surface area contributed by atoms with Crippen LogP contribution in [0.25, 0.3) is 11.5 Å². The van der Waals surface area contributed by atoms with Crippen LogP contribution in [0.5, 0.6) is 0 Å². The largest absolute Gasteiger partial charge is 0.449 e. The summed E-state index contributed by atoms with van der Waals surface area (Å²) in [6.07, 6.45) is -5.47. The zero-order chi connectivity index (χ0) is 21.2. The molecule has 0 N–H and O–H groups in total. The Labute approximate surface area is 161 Å². The Morgan fingerprint density at radius 1 is 1.10 bits per heavy atom. The molecule has 3 aromatic rings. The van der Waals surface area contributed by atoms with Crippen molar-refractivity contribution in [3.8, 4) is 11.5 Å². The molecule has 0 fully saturated rings. The molecule has 29 heavy (non-hydrogen) atoms. The second kappa shape index (κ2) is 7.70. The van der Waals surface area contributed by atoms with E-state index < -0.39 is 28.7 Å². The average Bonchev–Trinajstić information content (AvgIpc) is 3.18. The number of esters is 1. The lowest BCUT2D eigenvalue weighted by Gasteiger charge is -2.10. The summed E-state index contributed by atoms with van der Waals surface area (Å²) in [6, 6.07) is 8.96. The second-order valence-corrected chi connectivity index (χ2v) is 5.87. The first-order valence-electron chi connectivity index (χ1n) is 8.11. The van der Waals surface area contributed by atoms with Crippen molar-refractivity contribution in [2.24, 2.45) is 0 Å². The molecular weight excluding hydrogens is 395 g/mol. The molecule has 0 spiro atoms. The molecule has 0 aliphatic carbocycles. The van der Waals surface area contributed by atoms with Crippen LogP contribution in [0.15, 0.2) is 52.9 Å². The molecule has 1 atom stereocenters. The summed E-state index contributed by atoms with van der Waals surface area (Å²) in [5.41, 5.74) is -0.630. The summed E-state index contributed by atoms with van der Waals surface area (Å²) in [5, 5.41) is 18.2. The van der Waals surface area contributed by atoms with Crippen molar-refractivity contribution in [3.05, 3.63) is 75.7 Å². The number of hydrogen-bond acceptors (Lipinski definition) is 7. The van der Waals surface area contributed by atoms with Gasteiger partial charge >= 0.3 is 12.1 Å². The number of nitro benzene ring substituents is 1. The fourth-order valence-electron chi connectivity index (χ4n) is 2.32. The molecule has 0 aliphatic rings. The quantitative estimate of drug-likeness (QED) is 0.346. The van der Waals surface area contributed by atoms with E-state index in [0.29, 0.717) is 5.56 Å². The maximum Gasteiger partial charge on any atom is 0.416 e. The molecule has 0 bridgehead atoms. The Bertz CT molecular complexity index is 1030. The van der Waals surface area contributed by atoms with Gasteiger partial charge in [-0.15, -0.1) is 10.2 Å². The zero-order valence-corrected chi connectivity index (χ0v) is 14.7. The van der Waals surface area contributed by atoms with Crippen molar-refractivity contribution in [1.29, 1.82) is 0 Å². The zero-order valence-electron chi connectivity index (χ0n) is 14.7. The van der Waals surface area contributed by atoms with E-state index in [1.54, 1.807) is 0 Å². The Hall–Kier alpha value is -3.76.